The summed E-state index contributed by atoms with van der Waals surface area (Å²) in [5.74, 6) is -0.0885. The maximum Gasteiger partial charge on any atom is 0.152 e. The van der Waals surface area contributed by atoms with Gasteiger partial charge in [0.25, 0.3) is 0 Å². The summed E-state index contributed by atoms with van der Waals surface area (Å²) < 4.78 is 19.0. The SMILES string of the molecule is O=S(O)CC[C@H]1CC[C@@H](O)[C@@H](O)[C@@H]1O. The van der Waals surface area contributed by atoms with E-state index in [1.54, 1.807) is 0 Å². The van der Waals surface area contributed by atoms with E-state index in [2.05, 4.69) is 0 Å². The van der Waals surface area contributed by atoms with Crippen molar-refractivity contribution >= 4 is 11.1 Å². The zero-order valence-electron chi connectivity index (χ0n) is 7.74. The summed E-state index contributed by atoms with van der Waals surface area (Å²) in [6.07, 6.45) is -1.57. The highest BCUT2D eigenvalue weighted by atomic mass is 32.2. The van der Waals surface area contributed by atoms with Gasteiger partial charge in [-0.3, -0.25) is 0 Å². The molecular formula is C8H16O5S. The Balaban J connectivity index is 2.42. The van der Waals surface area contributed by atoms with Crippen molar-refractivity contribution in [2.75, 3.05) is 5.75 Å². The molecule has 0 amide bonds. The second kappa shape index (κ2) is 5.18. The van der Waals surface area contributed by atoms with Gasteiger partial charge in [0.05, 0.1) is 12.2 Å². The normalized spacial score (nSPS) is 40.9. The molecule has 0 radical (unpaired) electrons. The molecular weight excluding hydrogens is 208 g/mol. The molecule has 6 heteroatoms. The zero-order chi connectivity index (χ0) is 10.7. The van der Waals surface area contributed by atoms with Crippen molar-refractivity contribution in [3.8, 4) is 0 Å². The van der Waals surface area contributed by atoms with Gasteiger partial charge in [0.15, 0.2) is 11.1 Å². The van der Waals surface area contributed by atoms with Gasteiger partial charge in [-0.2, -0.15) is 0 Å². The fourth-order valence-corrected chi connectivity index (χ4v) is 2.30. The Morgan fingerprint density at radius 1 is 1.14 bits per heavy atom. The highest BCUT2D eigenvalue weighted by Crippen LogP contribution is 2.27. The predicted molar refractivity (Wildman–Crippen MR) is 51.0 cm³/mol. The Bertz CT molecular complexity index is 210. The predicted octanol–water partition coefficient (Wildman–Crippen LogP) is -0.909. The minimum atomic E-state index is -1.86. The standard InChI is InChI=1S/C8H16O5S/c9-6-2-1-5(3-4-14(12)13)7(10)8(6)11/h5-11H,1-4H2,(H,12,13)/t5-,6-,7-,8-/m1/s1. The number of hydrogen-bond donors (Lipinski definition) is 4. The molecule has 0 aromatic carbocycles. The van der Waals surface area contributed by atoms with E-state index < -0.39 is 29.4 Å². The minimum Gasteiger partial charge on any atom is -0.390 e. The van der Waals surface area contributed by atoms with Gasteiger partial charge < -0.3 is 19.9 Å². The lowest BCUT2D eigenvalue weighted by molar-refractivity contribution is -0.110. The summed E-state index contributed by atoms with van der Waals surface area (Å²) in [6.45, 7) is 0. The second-order valence-electron chi connectivity index (χ2n) is 3.70. The van der Waals surface area contributed by atoms with E-state index in [-0.39, 0.29) is 11.7 Å². The molecule has 4 N–H and O–H groups in total. The first-order valence-corrected chi connectivity index (χ1v) is 5.91. The van der Waals surface area contributed by atoms with Gasteiger partial charge in [-0.05, 0) is 25.2 Å². The fraction of sp³-hybridized carbons (Fsp3) is 1.00. The molecule has 0 aromatic heterocycles. The maximum absolute atomic E-state index is 10.4. The van der Waals surface area contributed by atoms with Crippen molar-refractivity contribution in [3.05, 3.63) is 0 Å². The molecule has 1 unspecified atom stereocenters. The quantitative estimate of drug-likeness (QED) is 0.465. The molecule has 5 nitrogen and oxygen atoms in total. The summed E-state index contributed by atoms with van der Waals surface area (Å²) in [6, 6.07) is 0. The highest BCUT2D eigenvalue weighted by molar-refractivity contribution is 7.79. The van der Waals surface area contributed by atoms with Crippen LogP contribution in [0.4, 0.5) is 0 Å². The van der Waals surface area contributed by atoms with Crippen molar-refractivity contribution < 1.29 is 24.1 Å². The van der Waals surface area contributed by atoms with Crippen LogP contribution in [0.15, 0.2) is 0 Å². The molecule has 1 rings (SSSR count). The number of aliphatic hydroxyl groups excluding tert-OH is 3. The summed E-state index contributed by atoms with van der Waals surface area (Å²) in [7, 11) is 0. The maximum atomic E-state index is 10.4. The zero-order valence-corrected chi connectivity index (χ0v) is 8.56. The van der Waals surface area contributed by atoms with Crippen LogP contribution in [0.2, 0.25) is 0 Å². The lowest BCUT2D eigenvalue weighted by Crippen LogP contribution is -2.46. The minimum absolute atomic E-state index is 0.102. The lowest BCUT2D eigenvalue weighted by Gasteiger charge is -2.34. The molecule has 0 saturated heterocycles. The molecule has 1 aliphatic rings. The molecule has 84 valence electrons. The highest BCUT2D eigenvalue weighted by Gasteiger charge is 2.36. The number of aliphatic hydroxyl groups is 3. The average molecular weight is 224 g/mol. The van der Waals surface area contributed by atoms with Gasteiger partial charge in [0.2, 0.25) is 0 Å². The van der Waals surface area contributed by atoms with Crippen LogP contribution in [0.1, 0.15) is 19.3 Å². The van der Waals surface area contributed by atoms with Gasteiger partial charge in [-0.1, -0.05) is 0 Å². The van der Waals surface area contributed by atoms with Crippen LogP contribution in [-0.4, -0.2) is 48.1 Å². The number of rotatable bonds is 3. The van der Waals surface area contributed by atoms with Gasteiger partial charge in [0, 0.05) is 5.75 Å². The van der Waals surface area contributed by atoms with Crippen LogP contribution in [0.25, 0.3) is 0 Å². The van der Waals surface area contributed by atoms with Crippen LogP contribution in [0.3, 0.4) is 0 Å². The third-order valence-corrected chi connectivity index (χ3v) is 3.31. The van der Waals surface area contributed by atoms with Crippen molar-refractivity contribution in [1.29, 1.82) is 0 Å². The molecule has 1 aliphatic carbocycles. The monoisotopic (exact) mass is 224 g/mol. The Labute approximate surface area is 85.0 Å². The van der Waals surface area contributed by atoms with Crippen LogP contribution in [0, 0.1) is 5.92 Å². The largest absolute Gasteiger partial charge is 0.390 e. The third-order valence-electron chi connectivity index (χ3n) is 2.72. The summed E-state index contributed by atoms with van der Waals surface area (Å²) in [5.41, 5.74) is 0. The van der Waals surface area contributed by atoms with Gasteiger partial charge in [-0.15, -0.1) is 0 Å². The fourth-order valence-electron chi connectivity index (χ4n) is 1.80. The third kappa shape index (κ3) is 2.99. The van der Waals surface area contributed by atoms with Gasteiger partial charge in [-0.25, -0.2) is 4.21 Å². The van der Waals surface area contributed by atoms with E-state index >= 15 is 0 Å². The smallest absolute Gasteiger partial charge is 0.152 e. The van der Waals surface area contributed by atoms with E-state index in [9.17, 15) is 19.5 Å². The lowest BCUT2D eigenvalue weighted by atomic mass is 9.81. The van der Waals surface area contributed by atoms with Crippen molar-refractivity contribution in [1.82, 2.24) is 0 Å². The molecule has 0 bridgehead atoms. The molecule has 0 spiro atoms. The van der Waals surface area contributed by atoms with Crippen LogP contribution in [0.5, 0.6) is 0 Å². The van der Waals surface area contributed by atoms with E-state index in [0.717, 1.165) is 0 Å². The van der Waals surface area contributed by atoms with E-state index in [1.165, 1.54) is 0 Å². The van der Waals surface area contributed by atoms with E-state index in [0.29, 0.717) is 19.3 Å². The Kier molecular flexibility index (Phi) is 4.46. The van der Waals surface area contributed by atoms with Crippen molar-refractivity contribution in [3.63, 3.8) is 0 Å². The molecule has 0 heterocycles. The molecule has 0 aliphatic heterocycles. The second-order valence-corrected chi connectivity index (χ2v) is 4.75. The van der Waals surface area contributed by atoms with Crippen molar-refractivity contribution in [2.45, 2.75) is 37.6 Å². The van der Waals surface area contributed by atoms with Crippen LogP contribution < -0.4 is 0 Å². The first-order chi connectivity index (χ1) is 6.52. The molecule has 14 heavy (non-hydrogen) atoms. The van der Waals surface area contributed by atoms with Crippen molar-refractivity contribution in [2.24, 2.45) is 5.92 Å². The van der Waals surface area contributed by atoms with Crippen LogP contribution in [-0.2, 0) is 11.1 Å². The van der Waals surface area contributed by atoms with Gasteiger partial charge >= 0.3 is 0 Å². The van der Waals surface area contributed by atoms with E-state index in [1.807, 2.05) is 0 Å². The van der Waals surface area contributed by atoms with Gasteiger partial charge in [0.1, 0.15) is 6.10 Å². The first kappa shape index (κ1) is 12.1. The van der Waals surface area contributed by atoms with Crippen LogP contribution >= 0.6 is 0 Å². The number of hydrogen-bond acceptors (Lipinski definition) is 4. The summed E-state index contributed by atoms with van der Waals surface area (Å²) >= 11 is -1.86. The molecule has 0 aromatic rings. The summed E-state index contributed by atoms with van der Waals surface area (Å²) in [5, 5.41) is 28.1. The molecule has 1 fully saturated rings. The first-order valence-electron chi connectivity index (χ1n) is 4.64. The average Bonchev–Trinajstić information content (AvgIpc) is 2.13. The Hall–Kier alpha value is -0.0100. The Morgan fingerprint density at radius 2 is 1.79 bits per heavy atom. The Morgan fingerprint density at radius 3 is 2.36 bits per heavy atom. The topological polar surface area (TPSA) is 98.0 Å². The molecule has 1 saturated carbocycles. The molecule has 5 atom stereocenters. The van der Waals surface area contributed by atoms with E-state index in [4.69, 9.17) is 4.55 Å². The summed E-state index contributed by atoms with van der Waals surface area (Å²) in [4.78, 5) is 0.